The number of nitrogens with zero attached hydrogens (tertiary/aromatic N) is 3. The predicted octanol–water partition coefficient (Wildman–Crippen LogP) is 2.43. The first kappa shape index (κ1) is 13.2. The molecule has 1 N–H and O–H groups in total. The Hall–Kier alpha value is -2.24. The van der Waals surface area contributed by atoms with Crippen molar-refractivity contribution in [2.45, 2.75) is 6.54 Å². The molecule has 0 amide bonds. The molecule has 4 nitrogen and oxygen atoms in total. The predicted molar refractivity (Wildman–Crippen MR) is 70.0 cm³/mol. The van der Waals surface area contributed by atoms with Gasteiger partial charge in [0.05, 0.1) is 0 Å². The SMILES string of the molecule is CNc1cc(N(C)Cc2cc(F)ccc2F)ncn1. The average Bonchev–Trinajstić information content (AvgIpc) is 2.43. The van der Waals surface area contributed by atoms with Crippen LogP contribution < -0.4 is 10.2 Å². The molecule has 0 radical (unpaired) electrons. The highest BCUT2D eigenvalue weighted by Gasteiger charge is 2.09. The molecule has 0 fully saturated rings. The maximum Gasteiger partial charge on any atom is 0.134 e. The Morgan fingerprint density at radius 1 is 1.21 bits per heavy atom. The number of benzene rings is 1. The van der Waals surface area contributed by atoms with E-state index in [1.807, 2.05) is 0 Å². The van der Waals surface area contributed by atoms with Gasteiger partial charge in [-0.1, -0.05) is 0 Å². The minimum atomic E-state index is -0.455. The molecular formula is C13H14F2N4. The van der Waals surface area contributed by atoms with Crippen molar-refractivity contribution in [3.63, 3.8) is 0 Å². The summed E-state index contributed by atoms with van der Waals surface area (Å²) < 4.78 is 26.7. The van der Waals surface area contributed by atoms with Gasteiger partial charge < -0.3 is 10.2 Å². The smallest absolute Gasteiger partial charge is 0.134 e. The van der Waals surface area contributed by atoms with Gasteiger partial charge >= 0.3 is 0 Å². The molecule has 0 atom stereocenters. The molecule has 100 valence electrons. The Kier molecular flexibility index (Phi) is 3.89. The summed E-state index contributed by atoms with van der Waals surface area (Å²) in [5.41, 5.74) is 0.284. The third-order valence-electron chi connectivity index (χ3n) is 2.72. The Morgan fingerprint density at radius 3 is 2.74 bits per heavy atom. The van der Waals surface area contributed by atoms with Crippen molar-refractivity contribution in [3.8, 4) is 0 Å². The summed E-state index contributed by atoms with van der Waals surface area (Å²) in [6.45, 7) is 0.226. The van der Waals surface area contributed by atoms with Crippen molar-refractivity contribution in [1.29, 1.82) is 0 Å². The minimum Gasteiger partial charge on any atom is -0.373 e. The van der Waals surface area contributed by atoms with Gasteiger partial charge in [0.1, 0.15) is 29.6 Å². The lowest BCUT2D eigenvalue weighted by atomic mass is 10.2. The summed E-state index contributed by atoms with van der Waals surface area (Å²) in [5, 5.41) is 2.89. The van der Waals surface area contributed by atoms with E-state index in [2.05, 4.69) is 15.3 Å². The van der Waals surface area contributed by atoms with Crippen LogP contribution in [0.3, 0.4) is 0 Å². The highest BCUT2D eigenvalue weighted by atomic mass is 19.1. The van der Waals surface area contributed by atoms with Crippen LogP contribution in [0.5, 0.6) is 0 Å². The van der Waals surface area contributed by atoms with Gasteiger partial charge in [-0.3, -0.25) is 0 Å². The quantitative estimate of drug-likeness (QED) is 0.920. The lowest BCUT2D eigenvalue weighted by Crippen LogP contribution is -2.19. The molecule has 0 aliphatic heterocycles. The van der Waals surface area contributed by atoms with Gasteiger partial charge in [-0.15, -0.1) is 0 Å². The van der Waals surface area contributed by atoms with Gasteiger partial charge in [0.2, 0.25) is 0 Å². The van der Waals surface area contributed by atoms with Crippen LogP contribution in [0.1, 0.15) is 5.56 Å². The molecule has 19 heavy (non-hydrogen) atoms. The Labute approximate surface area is 110 Å². The number of rotatable bonds is 4. The Balaban J connectivity index is 2.20. The maximum atomic E-state index is 13.6. The van der Waals surface area contributed by atoms with E-state index >= 15 is 0 Å². The van der Waals surface area contributed by atoms with Crippen molar-refractivity contribution in [2.75, 3.05) is 24.3 Å². The third-order valence-corrected chi connectivity index (χ3v) is 2.72. The van der Waals surface area contributed by atoms with Crippen LogP contribution in [0.4, 0.5) is 20.4 Å². The maximum absolute atomic E-state index is 13.6. The lowest BCUT2D eigenvalue weighted by Gasteiger charge is -2.18. The first-order chi connectivity index (χ1) is 9.10. The molecule has 0 unspecified atom stereocenters. The summed E-state index contributed by atoms with van der Waals surface area (Å²) >= 11 is 0. The molecule has 2 rings (SSSR count). The van der Waals surface area contributed by atoms with E-state index in [1.165, 1.54) is 12.4 Å². The molecule has 0 bridgehead atoms. The Bertz CT molecular complexity index is 574. The molecule has 1 aromatic carbocycles. The van der Waals surface area contributed by atoms with E-state index in [1.54, 1.807) is 25.1 Å². The van der Waals surface area contributed by atoms with E-state index in [0.29, 0.717) is 11.6 Å². The van der Waals surface area contributed by atoms with Gasteiger partial charge in [-0.25, -0.2) is 18.7 Å². The first-order valence-electron chi connectivity index (χ1n) is 5.75. The zero-order valence-corrected chi connectivity index (χ0v) is 10.7. The van der Waals surface area contributed by atoms with Gasteiger partial charge in [-0.05, 0) is 18.2 Å². The highest BCUT2D eigenvalue weighted by molar-refractivity contribution is 5.47. The van der Waals surface area contributed by atoms with Gasteiger partial charge in [0.15, 0.2) is 0 Å². The van der Waals surface area contributed by atoms with Gasteiger partial charge in [0, 0.05) is 32.3 Å². The molecule has 1 heterocycles. The lowest BCUT2D eigenvalue weighted by molar-refractivity contribution is 0.583. The molecule has 0 spiro atoms. The summed E-state index contributed by atoms with van der Waals surface area (Å²) in [6, 6.07) is 5.14. The molecular weight excluding hydrogens is 250 g/mol. The number of hydrogen-bond donors (Lipinski definition) is 1. The molecule has 0 aliphatic rings. The second-order valence-electron chi connectivity index (χ2n) is 4.10. The van der Waals surface area contributed by atoms with Crippen LogP contribution in [0, 0.1) is 11.6 Å². The topological polar surface area (TPSA) is 41.0 Å². The van der Waals surface area contributed by atoms with Crippen LogP contribution in [-0.4, -0.2) is 24.1 Å². The molecule has 1 aromatic heterocycles. The standard InChI is InChI=1S/C13H14F2N4/c1-16-12-6-13(18-8-17-12)19(2)7-9-5-10(14)3-4-11(9)15/h3-6,8H,7H2,1-2H3,(H,16,17,18). The normalized spacial score (nSPS) is 10.3. The van der Waals surface area contributed by atoms with Crippen LogP contribution in [0.15, 0.2) is 30.6 Å². The number of aromatic nitrogens is 2. The second kappa shape index (κ2) is 5.60. The van der Waals surface area contributed by atoms with E-state index in [4.69, 9.17) is 0 Å². The third kappa shape index (κ3) is 3.15. The van der Waals surface area contributed by atoms with E-state index in [9.17, 15) is 8.78 Å². The summed E-state index contributed by atoms with van der Waals surface area (Å²) in [6.07, 6.45) is 1.42. The second-order valence-corrected chi connectivity index (χ2v) is 4.10. The molecule has 6 heteroatoms. The van der Waals surface area contributed by atoms with Crippen LogP contribution >= 0.6 is 0 Å². The fourth-order valence-electron chi connectivity index (χ4n) is 1.69. The van der Waals surface area contributed by atoms with E-state index in [0.717, 1.165) is 12.1 Å². The van der Waals surface area contributed by atoms with Crippen LogP contribution in [0.2, 0.25) is 0 Å². The largest absolute Gasteiger partial charge is 0.373 e. The molecule has 0 saturated carbocycles. The number of halogens is 2. The minimum absolute atomic E-state index is 0.226. The number of anilines is 2. The monoisotopic (exact) mass is 264 g/mol. The zero-order chi connectivity index (χ0) is 13.8. The summed E-state index contributed by atoms with van der Waals surface area (Å²) in [4.78, 5) is 9.81. The van der Waals surface area contributed by atoms with Gasteiger partial charge in [-0.2, -0.15) is 0 Å². The first-order valence-corrected chi connectivity index (χ1v) is 5.75. The van der Waals surface area contributed by atoms with Crippen LogP contribution in [0.25, 0.3) is 0 Å². The van der Waals surface area contributed by atoms with E-state index in [-0.39, 0.29) is 12.1 Å². The van der Waals surface area contributed by atoms with Crippen molar-refractivity contribution in [2.24, 2.45) is 0 Å². The molecule has 0 aliphatic carbocycles. The number of hydrogen-bond acceptors (Lipinski definition) is 4. The molecule has 0 saturated heterocycles. The highest BCUT2D eigenvalue weighted by Crippen LogP contribution is 2.17. The van der Waals surface area contributed by atoms with Gasteiger partial charge in [0.25, 0.3) is 0 Å². The van der Waals surface area contributed by atoms with Crippen LogP contribution in [-0.2, 0) is 6.54 Å². The number of nitrogens with one attached hydrogen (secondary N) is 1. The fraction of sp³-hybridized carbons (Fsp3) is 0.231. The van der Waals surface area contributed by atoms with Crippen molar-refractivity contribution in [3.05, 3.63) is 47.8 Å². The average molecular weight is 264 g/mol. The molecule has 2 aromatic rings. The fourth-order valence-corrected chi connectivity index (χ4v) is 1.69. The summed E-state index contributed by atoms with van der Waals surface area (Å²) in [7, 11) is 3.50. The van der Waals surface area contributed by atoms with Crippen molar-refractivity contribution in [1.82, 2.24) is 9.97 Å². The van der Waals surface area contributed by atoms with Crippen molar-refractivity contribution >= 4 is 11.6 Å². The van der Waals surface area contributed by atoms with Crippen molar-refractivity contribution < 1.29 is 8.78 Å². The summed E-state index contributed by atoms with van der Waals surface area (Å²) in [5.74, 6) is 0.402. The zero-order valence-electron chi connectivity index (χ0n) is 10.7. The Morgan fingerprint density at radius 2 is 2.00 bits per heavy atom. The van der Waals surface area contributed by atoms with E-state index < -0.39 is 11.6 Å².